The van der Waals surface area contributed by atoms with Crippen molar-refractivity contribution in [3.63, 3.8) is 0 Å². The van der Waals surface area contributed by atoms with Gasteiger partial charge in [-0.3, -0.25) is 9.59 Å². The lowest BCUT2D eigenvalue weighted by molar-refractivity contribution is -0.123. The second-order valence-electron chi connectivity index (χ2n) is 6.67. The van der Waals surface area contributed by atoms with Gasteiger partial charge < -0.3 is 14.6 Å². The number of fused-ring (bicyclic) bond motifs is 1. The number of anilines is 1. The Kier molecular flexibility index (Phi) is 5.31. The van der Waals surface area contributed by atoms with Gasteiger partial charge in [0.2, 0.25) is 0 Å². The number of hydrogen-bond donors (Lipinski definition) is 1. The van der Waals surface area contributed by atoms with E-state index in [0.29, 0.717) is 5.76 Å². The standard InChI is InChI=1S/C21H14F3IN2O3/c22-15-6-2-1-4-12(15)11-27-17-9-13(19(28)26-10-14-5-3-7-30-14)8-16(23)18(17)21(24,25)20(27)29/h1-9H,10-11H2,(H,26,28). The molecule has 1 N–H and O–H groups in total. The quantitative estimate of drug-likeness (QED) is 0.391. The van der Waals surface area contributed by atoms with E-state index >= 15 is 4.39 Å². The molecular formula is C21H14F3IN2O3. The Morgan fingerprint density at radius 2 is 1.90 bits per heavy atom. The van der Waals surface area contributed by atoms with Crippen LogP contribution in [0.3, 0.4) is 0 Å². The van der Waals surface area contributed by atoms with Gasteiger partial charge in [-0.05, 0) is 52.9 Å². The average molecular weight is 526 g/mol. The van der Waals surface area contributed by atoms with Gasteiger partial charge in [0.15, 0.2) is 0 Å². The number of furan rings is 1. The number of amides is 2. The maximum absolute atomic E-state index is 15.1. The number of carbonyl (C=O) groups excluding carboxylic acids is 2. The Balaban J connectivity index is 1.69. The van der Waals surface area contributed by atoms with Crippen LogP contribution >= 0.6 is 22.6 Å². The van der Waals surface area contributed by atoms with Gasteiger partial charge in [-0.15, -0.1) is 0 Å². The Morgan fingerprint density at radius 3 is 2.60 bits per heavy atom. The molecule has 1 aliphatic rings. The highest BCUT2D eigenvalue weighted by atomic mass is 127. The van der Waals surface area contributed by atoms with Gasteiger partial charge in [-0.2, -0.15) is 0 Å². The Bertz CT molecular complexity index is 1130. The summed E-state index contributed by atoms with van der Waals surface area (Å²) in [5, 5.41) is 2.57. The first-order valence-corrected chi connectivity index (χ1v) is 9.94. The van der Waals surface area contributed by atoms with Crippen molar-refractivity contribution in [3.8, 4) is 0 Å². The van der Waals surface area contributed by atoms with Crippen molar-refractivity contribution >= 4 is 40.1 Å². The summed E-state index contributed by atoms with van der Waals surface area (Å²) in [6.07, 6.45) is 1.45. The molecule has 0 fully saturated rings. The zero-order valence-electron chi connectivity index (χ0n) is 15.3. The monoisotopic (exact) mass is 526 g/mol. The van der Waals surface area contributed by atoms with E-state index in [1.807, 2.05) is 0 Å². The molecule has 2 heterocycles. The number of nitrogens with one attached hydrogen (secondary N) is 1. The van der Waals surface area contributed by atoms with Crippen LogP contribution in [0, 0.1) is 11.6 Å². The fourth-order valence-electron chi connectivity index (χ4n) is 3.27. The first kappa shape index (κ1) is 20.5. The molecule has 2 aromatic carbocycles. The summed E-state index contributed by atoms with van der Waals surface area (Å²) in [5.41, 5.74) is -0.549. The number of halogens is 4. The predicted octanol–water partition coefficient (Wildman–Crippen LogP) is 4.59. The van der Waals surface area contributed by atoms with E-state index in [-0.39, 0.29) is 29.9 Å². The lowest BCUT2D eigenvalue weighted by Gasteiger charge is -2.19. The molecule has 3 aromatic rings. The SMILES string of the molecule is O=C(NCc1ccco1)c1cc(F)c2c(c1)N(Cc1ccccc1F)C(=O)C2(F)I. The molecule has 0 saturated carbocycles. The fourth-order valence-corrected chi connectivity index (χ4v) is 4.09. The summed E-state index contributed by atoms with van der Waals surface area (Å²) >= 11 is 1.22. The minimum Gasteiger partial charge on any atom is -0.467 e. The summed E-state index contributed by atoms with van der Waals surface area (Å²) in [4.78, 5) is 26.1. The number of hydrogen-bond acceptors (Lipinski definition) is 3. The van der Waals surface area contributed by atoms with Crippen LogP contribution in [0.15, 0.2) is 59.2 Å². The highest BCUT2D eigenvalue weighted by Gasteiger charge is 2.52. The van der Waals surface area contributed by atoms with Crippen LogP contribution in [-0.2, 0) is 21.6 Å². The molecule has 0 aliphatic carbocycles. The molecule has 2 amide bonds. The molecule has 30 heavy (non-hydrogen) atoms. The Hall–Kier alpha value is -2.82. The third kappa shape index (κ3) is 3.57. The van der Waals surface area contributed by atoms with Gasteiger partial charge in [0.1, 0.15) is 17.4 Å². The van der Waals surface area contributed by atoms with Crippen LogP contribution in [-0.4, -0.2) is 11.8 Å². The molecule has 1 aliphatic heterocycles. The van der Waals surface area contributed by atoms with Crippen molar-refractivity contribution in [2.24, 2.45) is 0 Å². The van der Waals surface area contributed by atoms with E-state index in [9.17, 15) is 18.4 Å². The maximum Gasteiger partial charge on any atom is 0.280 e. The van der Waals surface area contributed by atoms with Crippen LogP contribution in [0.5, 0.6) is 0 Å². The van der Waals surface area contributed by atoms with E-state index < -0.39 is 32.7 Å². The van der Waals surface area contributed by atoms with Crippen molar-refractivity contribution in [2.75, 3.05) is 4.90 Å². The number of carbonyl (C=O) groups is 2. The highest BCUT2D eigenvalue weighted by molar-refractivity contribution is 14.1. The van der Waals surface area contributed by atoms with Crippen LogP contribution < -0.4 is 10.2 Å². The molecule has 1 aromatic heterocycles. The minimum absolute atomic E-state index is 0.0712. The zero-order valence-corrected chi connectivity index (χ0v) is 17.5. The van der Waals surface area contributed by atoms with Crippen molar-refractivity contribution in [2.45, 2.75) is 16.8 Å². The van der Waals surface area contributed by atoms with Gasteiger partial charge in [0, 0.05) is 11.1 Å². The predicted molar refractivity (Wildman–Crippen MR) is 111 cm³/mol. The lowest BCUT2D eigenvalue weighted by atomic mass is 10.1. The van der Waals surface area contributed by atoms with Crippen molar-refractivity contribution in [1.82, 2.24) is 5.32 Å². The van der Waals surface area contributed by atoms with Crippen molar-refractivity contribution < 1.29 is 27.2 Å². The van der Waals surface area contributed by atoms with Crippen LogP contribution in [0.25, 0.3) is 0 Å². The number of alkyl halides is 2. The van der Waals surface area contributed by atoms with Crippen LogP contribution in [0.4, 0.5) is 18.9 Å². The molecule has 4 rings (SSSR count). The van der Waals surface area contributed by atoms with Gasteiger partial charge in [-0.25, -0.2) is 13.2 Å². The molecule has 9 heteroatoms. The second kappa shape index (κ2) is 7.78. The topological polar surface area (TPSA) is 62.6 Å². The Labute approximate surface area is 183 Å². The minimum atomic E-state index is -2.66. The Morgan fingerprint density at radius 1 is 1.13 bits per heavy atom. The first-order valence-electron chi connectivity index (χ1n) is 8.87. The van der Waals surface area contributed by atoms with E-state index in [0.717, 1.165) is 11.0 Å². The van der Waals surface area contributed by atoms with Gasteiger partial charge >= 0.3 is 0 Å². The van der Waals surface area contributed by atoms with Gasteiger partial charge in [0.05, 0.1) is 30.6 Å². The molecule has 5 nitrogen and oxygen atoms in total. The smallest absolute Gasteiger partial charge is 0.280 e. The second-order valence-corrected chi connectivity index (χ2v) is 8.16. The van der Waals surface area contributed by atoms with Crippen molar-refractivity contribution in [3.05, 3.63) is 88.9 Å². The summed E-state index contributed by atoms with van der Waals surface area (Å²) in [6, 6.07) is 11.1. The third-order valence-corrected chi connectivity index (χ3v) is 5.74. The molecule has 1 unspecified atom stereocenters. The molecule has 0 spiro atoms. The molecule has 0 saturated heterocycles. The molecule has 1 atom stereocenters. The molecule has 0 bridgehead atoms. The molecular weight excluding hydrogens is 512 g/mol. The summed E-state index contributed by atoms with van der Waals surface area (Å²) in [5.74, 6) is -2.78. The summed E-state index contributed by atoms with van der Waals surface area (Å²) in [6.45, 7) is -0.230. The average Bonchev–Trinajstić information content (AvgIpc) is 3.29. The lowest BCUT2D eigenvalue weighted by Crippen LogP contribution is -2.33. The van der Waals surface area contributed by atoms with Crippen molar-refractivity contribution in [1.29, 1.82) is 0 Å². The number of nitrogens with zero attached hydrogens (tertiary/aromatic N) is 1. The molecule has 0 radical (unpaired) electrons. The summed E-state index contributed by atoms with van der Waals surface area (Å²) in [7, 11) is 0. The highest BCUT2D eigenvalue weighted by Crippen LogP contribution is 2.49. The first-order chi connectivity index (χ1) is 14.3. The number of rotatable bonds is 5. The van der Waals surface area contributed by atoms with Gasteiger partial charge in [0.25, 0.3) is 15.5 Å². The van der Waals surface area contributed by atoms with Gasteiger partial charge in [-0.1, -0.05) is 18.2 Å². The zero-order chi connectivity index (χ0) is 21.5. The normalized spacial score (nSPS) is 17.9. The largest absolute Gasteiger partial charge is 0.467 e. The van der Waals surface area contributed by atoms with E-state index in [1.165, 1.54) is 53.1 Å². The maximum atomic E-state index is 15.1. The number of benzene rings is 2. The summed E-state index contributed by atoms with van der Waals surface area (Å²) < 4.78 is 46.5. The molecule has 154 valence electrons. The fraction of sp³-hybridized carbons (Fsp3) is 0.143. The van der Waals surface area contributed by atoms with Crippen LogP contribution in [0.2, 0.25) is 0 Å². The van der Waals surface area contributed by atoms with E-state index in [2.05, 4.69) is 5.32 Å². The van der Waals surface area contributed by atoms with E-state index in [1.54, 1.807) is 18.2 Å². The third-order valence-electron chi connectivity index (χ3n) is 4.74. The van der Waals surface area contributed by atoms with E-state index in [4.69, 9.17) is 4.42 Å². The van der Waals surface area contributed by atoms with Crippen LogP contribution in [0.1, 0.15) is 27.2 Å².